The van der Waals surface area contributed by atoms with Gasteiger partial charge in [-0.25, -0.2) is 9.59 Å². The molecule has 0 aromatic heterocycles. The molecule has 0 amide bonds. The molecule has 120 valence electrons. The van der Waals surface area contributed by atoms with E-state index in [1.807, 2.05) is 0 Å². The van der Waals surface area contributed by atoms with Crippen molar-refractivity contribution >= 4 is 48.8 Å². The lowest BCUT2D eigenvalue weighted by Gasteiger charge is -2.26. The number of aliphatic carboxylic acids is 2. The molecule has 0 spiro atoms. The van der Waals surface area contributed by atoms with Gasteiger partial charge in [-0.2, -0.15) is 25.3 Å². The first-order valence-electron chi connectivity index (χ1n) is 5.81. The molecule has 0 aromatic rings. The van der Waals surface area contributed by atoms with E-state index in [0.29, 0.717) is 0 Å². The van der Waals surface area contributed by atoms with Gasteiger partial charge >= 0.3 is 11.9 Å². The molecule has 3 unspecified atom stereocenters. The van der Waals surface area contributed by atoms with Crippen LogP contribution in [0, 0.1) is 5.92 Å². The Hall–Kier alpha value is -1.10. The zero-order chi connectivity index (χ0) is 17.0. The molecular formula is C11H18N2O6S2. The molecule has 0 fully saturated rings. The van der Waals surface area contributed by atoms with E-state index in [4.69, 9.17) is 21.7 Å². The van der Waals surface area contributed by atoms with E-state index in [1.165, 1.54) is 6.92 Å². The Kier molecular flexibility index (Phi) is 6.87. The monoisotopic (exact) mass is 338 g/mol. The molecule has 0 aliphatic heterocycles. The minimum atomic E-state index is -2.25. The highest BCUT2D eigenvalue weighted by Gasteiger charge is 2.46. The summed E-state index contributed by atoms with van der Waals surface area (Å²) in [5, 5.41) is 17.9. The molecule has 0 bridgehead atoms. The number of nitrogens with two attached hydrogens (primary N) is 2. The van der Waals surface area contributed by atoms with Gasteiger partial charge in [0.15, 0.2) is 22.6 Å². The Labute approximate surface area is 132 Å². The summed E-state index contributed by atoms with van der Waals surface area (Å²) in [6.45, 7) is 1.27. The first-order chi connectivity index (χ1) is 9.47. The normalized spacial score (nSPS) is 18.1. The molecule has 0 aromatic carbocycles. The third-order valence-corrected chi connectivity index (χ3v) is 4.14. The minimum absolute atomic E-state index is 0.457. The largest absolute Gasteiger partial charge is 0.480 e. The van der Waals surface area contributed by atoms with Crippen LogP contribution in [0.2, 0.25) is 0 Å². The first-order valence-corrected chi connectivity index (χ1v) is 7.07. The fourth-order valence-electron chi connectivity index (χ4n) is 1.52. The second kappa shape index (κ2) is 7.25. The van der Waals surface area contributed by atoms with E-state index in [0.717, 1.165) is 0 Å². The Morgan fingerprint density at radius 2 is 1.38 bits per heavy atom. The van der Waals surface area contributed by atoms with Crippen molar-refractivity contribution < 1.29 is 29.4 Å². The summed E-state index contributed by atoms with van der Waals surface area (Å²) < 4.78 is 0. The highest BCUT2D eigenvalue weighted by atomic mass is 32.1. The predicted molar refractivity (Wildman–Crippen MR) is 80.6 cm³/mol. The highest BCUT2D eigenvalue weighted by molar-refractivity contribution is 7.80. The number of carbonyl (C=O) groups is 4. The summed E-state index contributed by atoms with van der Waals surface area (Å²) in [4.78, 5) is 46.0. The number of ketones is 2. The van der Waals surface area contributed by atoms with Crippen molar-refractivity contribution in [3.05, 3.63) is 0 Å². The van der Waals surface area contributed by atoms with Crippen molar-refractivity contribution in [1.82, 2.24) is 0 Å². The van der Waals surface area contributed by atoms with E-state index in [1.54, 1.807) is 0 Å². The maximum atomic E-state index is 12.0. The summed E-state index contributed by atoms with van der Waals surface area (Å²) in [5.41, 5.74) is 6.41. The van der Waals surface area contributed by atoms with Crippen molar-refractivity contribution in [1.29, 1.82) is 0 Å². The van der Waals surface area contributed by atoms with Gasteiger partial charge in [0.25, 0.3) is 0 Å². The zero-order valence-electron chi connectivity index (χ0n) is 11.3. The fraction of sp³-hybridized carbons (Fsp3) is 0.636. The lowest BCUT2D eigenvalue weighted by molar-refractivity contribution is -0.151. The predicted octanol–water partition coefficient (Wildman–Crippen LogP) is -1.43. The van der Waals surface area contributed by atoms with Crippen LogP contribution in [0.25, 0.3) is 0 Å². The molecule has 0 rings (SSSR count). The van der Waals surface area contributed by atoms with E-state index in [9.17, 15) is 19.2 Å². The summed E-state index contributed by atoms with van der Waals surface area (Å²) >= 11 is 7.45. The van der Waals surface area contributed by atoms with Crippen molar-refractivity contribution in [2.24, 2.45) is 17.4 Å². The lowest BCUT2D eigenvalue weighted by atomic mass is 9.83. The van der Waals surface area contributed by atoms with Crippen LogP contribution < -0.4 is 11.5 Å². The van der Waals surface area contributed by atoms with Crippen LogP contribution in [0.1, 0.15) is 13.3 Å². The van der Waals surface area contributed by atoms with Gasteiger partial charge < -0.3 is 21.7 Å². The second-order valence-corrected chi connectivity index (χ2v) is 5.39. The molecule has 8 nitrogen and oxygen atoms in total. The minimum Gasteiger partial charge on any atom is -0.480 e. The summed E-state index contributed by atoms with van der Waals surface area (Å²) in [7, 11) is 0. The molecule has 3 atom stereocenters. The Morgan fingerprint density at radius 3 is 1.67 bits per heavy atom. The van der Waals surface area contributed by atoms with E-state index >= 15 is 0 Å². The number of hydrogen-bond acceptors (Lipinski definition) is 8. The molecular weight excluding hydrogens is 320 g/mol. The zero-order valence-corrected chi connectivity index (χ0v) is 13.1. The van der Waals surface area contributed by atoms with Gasteiger partial charge in [0.05, 0.1) is 0 Å². The highest BCUT2D eigenvalue weighted by Crippen LogP contribution is 2.19. The van der Waals surface area contributed by atoms with Crippen LogP contribution in [0.4, 0.5) is 0 Å². The Balaban J connectivity index is 5.19. The van der Waals surface area contributed by atoms with Gasteiger partial charge in [-0.15, -0.1) is 0 Å². The van der Waals surface area contributed by atoms with E-state index < -0.39 is 58.4 Å². The summed E-state index contributed by atoms with van der Waals surface area (Å²) in [6.07, 6.45) is -0.553. The molecule has 0 saturated heterocycles. The van der Waals surface area contributed by atoms with Gasteiger partial charge in [0.1, 0.15) is 0 Å². The quantitative estimate of drug-likeness (QED) is 0.220. The summed E-state index contributed by atoms with van der Waals surface area (Å²) in [5.74, 6) is -7.04. The number of rotatable bonds is 9. The number of thiol groups is 2. The smallest absolute Gasteiger partial charge is 0.332 e. The fourth-order valence-corrected chi connectivity index (χ4v) is 2.12. The van der Waals surface area contributed by atoms with Crippen LogP contribution in [0.5, 0.6) is 0 Å². The van der Waals surface area contributed by atoms with Gasteiger partial charge in [-0.3, -0.25) is 9.59 Å². The standard InChI is InChI=1S/C11H18N2O6S2/c1-5(7(15)11(13,4-21)9(18)19)2-6(14)10(12,3-20)8(16)17/h5,20-21H,2-4,12-13H2,1H3,(H,16,17)(H,18,19). The number of Topliss-reactive ketones (excluding diaryl/α,β-unsaturated/α-hetero) is 2. The van der Waals surface area contributed by atoms with Crippen molar-refractivity contribution in [2.45, 2.75) is 24.4 Å². The van der Waals surface area contributed by atoms with Crippen molar-refractivity contribution in [2.75, 3.05) is 11.5 Å². The van der Waals surface area contributed by atoms with E-state index in [-0.39, 0.29) is 0 Å². The van der Waals surface area contributed by atoms with Gasteiger partial charge in [-0.05, 0) is 0 Å². The van der Waals surface area contributed by atoms with Gasteiger partial charge in [0.2, 0.25) is 0 Å². The topological polar surface area (TPSA) is 161 Å². The average molecular weight is 338 g/mol. The van der Waals surface area contributed by atoms with Crippen LogP contribution >= 0.6 is 25.3 Å². The first kappa shape index (κ1) is 19.9. The number of carboxylic acid groups (broad SMARTS) is 2. The molecule has 0 heterocycles. The molecule has 0 saturated carbocycles. The molecule has 0 aliphatic rings. The molecule has 6 N–H and O–H groups in total. The van der Waals surface area contributed by atoms with Gasteiger partial charge in [0, 0.05) is 23.8 Å². The molecule has 0 aliphatic carbocycles. The second-order valence-electron chi connectivity index (χ2n) is 4.76. The van der Waals surface area contributed by atoms with Gasteiger partial charge in [-0.1, -0.05) is 6.92 Å². The SMILES string of the molecule is CC(CC(=O)C(N)(CS)C(=O)O)C(=O)C(N)(CS)C(=O)O. The van der Waals surface area contributed by atoms with Crippen molar-refractivity contribution in [3.8, 4) is 0 Å². The number of hydrogen-bond donors (Lipinski definition) is 6. The van der Waals surface area contributed by atoms with Crippen LogP contribution in [0.15, 0.2) is 0 Å². The number of carboxylic acids is 2. The van der Waals surface area contributed by atoms with Crippen molar-refractivity contribution in [3.63, 3.8) is 0 Å². The molecule has 21 heavy (non-hydrogen) atoms. The Bertz CT molecular complexity index is 472. The molecule has 0 radical (unpaired) electrons. The third kappa shape index (κ3) is 3.96. The van der Waals surface area contributed by atoms with Crippen LogP contribution in [0.3, 0.4) is 0 Å². The lowest BCUT2D eigenvalue weighted by Crippen LogP contribution is -2.60. The summed E-state index contributed by atoms with van der Waals surface area (Å²) in [6, 6.07) is 0. The number of carbonyl (C=O) groups excluding carboxylic acids is 2. The maximum Gasteiger partial charge on any atom is 0.332 e. The molecule has 10 heteroatoms. The Morgan fingerprint density at radius 1 is 1.00 bits per heavy atom. The average Bonchev–Trinajstić information content (AvgIpc) is 2.43. The van der Waals surface area contributed by atoms with Crippen LogP contribution in [-0.2, 0) is 19.2 Å². The van der Waals surface area contributed by atoms with E-state index in [2.05, 4.69) is 25.3 Å². The maximum absolute atomic E-state index is 12.0. The third-order valence-electron chi connectivity index (χ3n) is 3.14. The van der Waals surface area contributed by atoms with Crippen LogP contribution in [-0.4, -0.2) is 56.3 Å².